The molecule has 1 aromatic heterocycles. The van der Waals surface area contributed by atoms with Gasteiger partial charge in [-0.2, -0.15) is 0 Å². The molecule has 0 spiro atoms. The molecule has 4 heterocycles. The van der Waals surface area contributed by atoms with Gasteiger partial charge in [0.2, 0.25) is 5.91 Å². The summed E-state index contributed by atoms with van der Waals surface area (Å²) < 4.78 is 10.3. The number of imidazole rings is 1. The summed E-state index contributed by atoms with van der Waals surface area (Å²) in [6.45, 7) is 3.52. The van der Waals surface area contributed by atoms with Crippen molar-refractivity contribution in [2.45, 2.75) is 63.6 Å². The number of nitrogens with zero attached hydrogens (tertiary/aromatic N) is 3. The molecule has 0 saturated carbocycles. The Balaban J connectivity index is 1.05. The fourth-order valence-electron chi connectivity index (χ4n) is 7.22. The van der Waals surface area contributed by atoms with Gasteiger partial charge >= 0.3 is 5.97 Å². The maximum absolute atomic E-state index is 13.7. The van der Waals surface area contributed by atoms with Gasteiger partial charge in [0.05, 0.1) is 48.7 Å². The Hall–Kier alpha value is -4.34. The van der Waals surface area contributed by atoms with Crippen molar-refractivity contribution < 1.29 is 19.1 Å². The highest BCUT2D eigenvalue weighted by Gasteiger charge is 2.39. The number of rotatable bonds is 9. The van der Waals surface area contributed by atoms with Gasteiger partial charge in [0.15, 0.2) is 0 Å². The van der Waals surface area contributed by atoms with E-state index < -0.39 is 18.0 Å². The number of aromatic amines is 1. The number of fused-ring (bicyclic) bond motifs is 2. The van der Waals surface area contributed by atoms with Crippen molar-refractivity contribution in [3.8, 4) is 11.1 Å². The number of hydrogen-bond donors (Lipinski definition) is 2. The molecule has 3 aliphatic heterocycles. The molecule has 9 heteroatoms. The second kappa shape index (κ2) is 12.8. The molecule has 0 aliphatic carbocycles. The van der Waals surface area contributed by atoms with E-state index in [0.717, 1.165) is 65.1 Å². The van der Waals surface area contributed by atoms with Gasteiger partial charge in [-0.15, -0.1) is 0 Å². The highest BCUT2D eigenvalue weighted by atomic mass is 16.5. The first kappa shape index (κ1) is 30.3. The number of methoxy groups -OCH3 is 2. The molecule has 4 atom stereocenters. The number of H-pyrrole nitrogens is 1. The smallest absolute Gasteiger partial charge is 0.306 e. The summed E-state index contributed by atoms with van der Waals surface area (Å²) in [6.07, 6.45) is 6.32. The van der Waals surface area contributed by atoms with Gasteiger partial charge in [0.1, 0.15) is 5.82 Å². The number of hydrogen-bond acceptors (Lipinski definition) is 7. The highest BCUT2D eigenvalue weighted by Crippen LogP contribution is 2.34. The van der Waals surface area contributed by atoms with Crippen molar-refractivity contribution in [1.82, 2.24) is 20.2 Å². The molecule has 3 aromatic carbocycles. The number of amides is 1. The van der Waals surface area contributed by atoms with Crippen LogP contribution in [0.3, 0.4) is 0 Å². The largest absolute Gasteiger partial charge is 0.469 e. The molecule has 46 heavy (non-hydrogen) atoms. The standard InChI is InChI=1S/C37H41N5O4/c1-22(45-2)29(20-35(43)46-3)37(44)42-15-5-7-34(42)33-19-28(21-39-33)26-11-10-23-16-25(9-8-24(23)17-26)27-12-13-30-32(18-27)41-36(40-30)31-6-4-14-38-31/h8-13,16-18,21-22,29,31,34,38H,4-7,14-15,19-20H2,1-3H3,(H,40,41)/t22-,29+,31?,34+/m1/s1. The molecule has 1 unspecified atom stereocenters. The van der Waals surface area contributed by atoms with E-state index in [1.54, 1.807) is 7.11 Å². The number of nitrogens with one attached hydrogen (secondary N) is 2. The number of carbonyl (C=O) groups excluding carboxylic acids is 2. The van der Waals surface area contributed by atoms with Crippen LogP contribution in [-0.4, -0.2) is 71.9 Å². The fraction of sp³-hybridized carbons (Fsp3) is 0.405. The normalized spacial score (nSPS) is 21.1. The summed E-state index contributed by atoms with van der Waals surface area (Å²) >= 11 is 0. The van der Waals surface area contributed by atoms with Gasteiger partial charge in [-0.1, -0.05) is 30.3 Å². The first-order valence-electron chi connectivity index (χ1n) is 16.3. The zero-order valence-corrected chi connectivity index (χ0v) is 26.7. The van der Waals surface area contributed by atoms with Crippen molar-refractivity contribution in [2.24, 2.45) is 10.9 Å². The molecule has 0 bridgehead atoms. The summed E-state index contributed by atoms with van der Waals surface area (Å²) in [5.74, 6) is -0.0445. The minimum atomic E-state index is -0.592. The quantitative estimate of drug-likeness (QED) is 0.216. The van der Waals surface area contributed by atoms with Crippen molar-refractivity contribution in [1.29, 1.82) is 0 Å². The Morgan fingerprint density at radius 1 is 0.978 bits per heavy atom. The third kappa shape index (κ3) is 5.85. The van der Waals surface area contributed by atoms with E-state index >= 15 is 0 Å². The molecule has 0 radical (unpaired) electrons. The lowest BCUT2D eigenvalue weighted by Crippen LogP contribution is -2.46. The molecule has 9 nitrogen and oxygen atoms in total. The van der Waals surface area contributed by atoms with E-state index in [4.69, 9.17) is 19.5 Å². The zero-order chi connectivity index (χ0) is 31.8. The predicted octanol–water partition coefficient (Wildman–Crippen LogP) is 6.20. The third-order valence-corrected chi connectivity index (χ3v) is 9.98. The Morgan fingerprint density at radius 2 is 1.74 bits per heavy atom. The molecule has 2 saturated heterocycles. The van der Waals surface area contributed by atoms with Gasteiger partial charge in [0, 0.05) is 32.0 Å². The Bertz CT molecular complexity index is 1850. The van der Waals surface area contributed by atoms with E-state index in [0.29, 0.717) is 19.0 Å². The summed E-state index contributed by atoms with van der Waals surface area (Å²) in [5, 5.41) is 5.88. The van der Waals surface area contributed by atoms with E-state index in [2.05, 4.69) is 64.9 Å². The second-order valence-corrected chi connectivity index (χ2v) is 12.7. The number of aliphatic imine (C=N–C) groups is 1. The van der Waals surface area contributed by atoms with Crippen molar-refractivity contribution in [2.75, 3.05) is 27.3 Å². The van der Waals surface area contributed by atoms with Crippen LogP contribution in [0.2, 0.25) is 0 Å². The lowest BCUT2D eigenvalue weighted by Gasteiger charge is -2.31. The second-order valence-electron chi connectivity index (χ2n) is 12.7. The van der Waals surface area contributed by atoms with Gasteiger partial charge in [-0.25, -0.2) is 4.98 Å². The topological polar surface area (TPSA) is 109 Å². The summed E-state index contributed by atoms with van der Waals surface area (Å²) in [5.41, 5.74) is 7.68. The maximum atomic E-state index is 13.7. The number of esters is 1. The predicted molar refractivity (Wildman–Crippen MR) is 180 cm³/mol. The zero-order valence-electron chi connectivity index (χ0n) is 26.7. The van der Waals surface area contributed by atoms with Crippen LogP contribution in [0.25, 0.3) is 38.5 Å². The Morgan fingerprint density at radius 3 is 2.50 bits per heavy atom. The fourth-order valence-corrected chi connectivity index (χ4v) is 7.22. The van der Waals surface area contributed by atoms with Crippen LogP contribution >= 0.6 is 0 Å². The van der Waals surface area contributed by atoms with Gasteiger partial charge in [0.25, 0.3) is 0 Å². The molecule has 3 aliphatic rings. The third-order valence-electron chi connectivity index (χ3n) is 9.98. The van der Waals surface area contributed by atoms with Gasteiger partial charge in [-0.05, 0) is 96.5 Å². The van der Waals surface area contributed by atoms with Crippen LogP contribution in [0, 0.1) is 5.92 Å². The van der Waals surface area contributed by atoms with E-state index in [-0.39, 0.29) is 18.4 Å². The molecule has 4 aromatic rings. The summed E-state index contributed by atoms with van der Waals surface area (Å²) in [4.78, 5) is 40.8. The molecule has 238 valence electrons. The van der Waals surface area contributed by atoms with E-state index in [9.17, 15) is 9.59 Å². The molecule has 1 amide bonds. The van der Waals surface area contributed by atoms with Crippen LogP contribution in [0.4, 0.5) is 0 Å². The average molecular weight is 620 g/mol. The van der Waals surface area contributed by atoms with Gasteiger partial charge < -0.3 is 24.7 Å². The number of aromatic nitrogens is 2. The monoisotopic (exact) mass is 619 g/mol. The number of ether oxygens (including phenoxy) is 2. The summed E-state index contributed by atoms with van der Waals surface area (Å²) in [6, 6.07) is 19.9. The summed E-state index contributed by atoms with van der Waals surface area (Å²) in [7, 11) is 2.91. The van der Waals surface area contributed by atoms with Crippen LogP contribution in [0.1, 0.15) is 62.9 Å². The number of carbonyl (C=O) groups is 2. The molecule has 2 fully saturated rings. The minimum Gasteiger partial charge on any atom is -0.469 e. The average Bonchev–Trinajstić information content (AvgIpc) is 3.91. The number of allylic oxidation sites excluding steroid dienone is 1. The maximum Gasteiger partial charge on any atom is 0.306 e. The molecular formula is C37H41N5O4. The lowest BCUT2D eigenvalue weighted by molar-refractivity contribution is -0.150. The Kier molecular flexibility index (Phi) is 8.44. The van der Waals surface area contributed by atoms with Crippen LogP contribution < -0.4 is 5.32 Å². The van der Waals surface area contributed by atoms with Crippen molar-refractivity contribution >= 4 is 45.0 Å². The molecule has 2 N–H and O–H groups in total. The van der Waals surface area contributed by atoms with Crippen molar-refractivity contribution in [3.63, 3.8) is 0 Å². The van der Waals surface area contributed by atoms with Crippen molar-refractivity contribution in [3.05, 3.63) is 72.2 Å². The van der Waals surface area contributed by atoms with Crippen LogP contribution in [0.5, 0.6) is 0 Å². The van der Waals surface area contributed by atoms with E-state index in [1.165, 1.54) is 29.9 Å². The number of benzene rings is 3. The molecule has 7 rings (SSSR count). The highest BCUT2D eigenvalue weighted by molar-refractivity contribution is 6.04. The number of likely N-dealkylation sites (tertiary alicyclic amines) is 1. The van der Waals surface area contributed by atoms with Gasteiger partial charge in [-0.3, -0.25) is 14.6 Å². The lowest BCUT2D eigenvalue weighted by atomic mass is 9.94. The SMILES string of the molecule is COC(=O)C[C@H](C(=O)N1CCC[C@H]1C1=NC=C(c2ccc3cc(-c4ccc5nc(C6CCCN6)[nH]c5c4)ccc3c2)C1)[C@@H](C)OC. The first-order chi connectivity index (χ1) is 22.4. The van der Waals surface area contributed by atoms with E-state index in [1.807, 2.05) is 18.0 Å². The minimum absolute atomic E-state index is 0.000812. The van der Waals surface area contributed by atoms with Crippen LogP contribution in [-0.2, 0) is 19.1 Å². The molecular weight excluding hydrogens is 578 g/mol. The van der Waals surface area contributed by atoms with Crippen LogP contribution in [0.15, 0.2) is 65.8 Å². The first-order valence-corrected chi connectivity index (χ1v) is 16.3. The Labute approximate surface area is 269 Å².